The van der Waals surface area contributed by atoms with E-state index in [-0.39, 0.29) is 6.04 Å². The molecule has 0 bridgehead atoms. The molecule has 0 radical (unpaired) electrons. The normalized spacial score (nSPS) is 14.5. The fourth-order valence-corrected chi connectivity index (χ4v) is 4.40. The number of hydrazine groups is 1. The second kappa shape index (κ2) is 11.1. The van der Waals surface area contributed by atoms with Gasteiger partial charge in [0.1, 0.15) is 11.5 Å². The average molecular weight is 491 g/mol. The Bertz CT molecular complexity index is 1200. The molecule has 4 rings (SSSR count). The number of hydrogen-bond donors (Lipinski definition) is 2. The average Bonchev–Trinajstić information content (AvgIpc) is 3.31. The zero-order valence-electron chi connectivity index (χ0n) is 22.4. The molecule has 192 valence electrons. The Labute approximate surface area is 214 Å². The van der Waals surface area contributed by atoms with Crippen LogP contribution in [0.2, 0.25) is 0 Å². The van der Waals surface area contributed by atoms with Crippen LogP contribution in [0.25, 0.3) is 16.6 Å². The minimum atomic E-state index is 0.264. The summed E-state index contributed by atoms with van der Waals surface area (Å²) in [6.07, 6.45) is 3.90. The van der Waals surface area contributed by atoms with E-state index in [0.717, 1.165) is 58.3 Å². The number of anilines is 2. The van der Waals surface area contributed by atoms with Gasteiger partial charge in [-0.1, -0.05) is 27.7 Å². The quantitative estimate of drug-likeness (QED) is 0.427. The molecule has 0 fully saturated rings. The molecule has 1 atom stereocenters. The lowest BCUT2D eigenvalue weighted by molar-refractivity contribution is 0.374. The molecule has 8 nitrogen and oxygen atoms in total. The Hall–Kier alpha value is -3.36. The van der Waals surface area contributed by atoms with Crippen LogP contribution in [0.5, 0.6) is 11.5 Å². The third-order valence-corrected chi connectivity index (χ3v) is 6.41. The van der Waals surface area contributed by atoms with E-state index in [2.05, 4.69) is 66.7 Å². The Morgan fingerprint density at radius 2 is 1.72 bits per heavy atom. The molecular formula is C28H38N6O2. The summed E-state index contributed by atoms with van der Waals surface area (Å²) in [5.41, 5.74) is 9.03. The van der Waals surface area contributed by atoms with Crippen LogP contribution in [0.3, 0.4) is 0 Å². The van der Waals surface area contributed by atoms with E-state index in [0.29, 0.717) is 12.0 Å². The summed E-state index contributed by atoms with van der Waals surface area (Å²) >= 11 is 0. The van der Waals surface area contributed by atoms with E-state index in [9.17, 15) is 0 Å². The number of ether oxygens (including phenoxy) is 2. The maximum absolute atomic E-state index is 5.59. The molecule has 3 aromatic rings. The van der Waals surface area contributed by atoms with Gasteiger partial charge in [0.05, 0.1) is 37.1 Å². The van der Waals surface area contributed by atoms with Crippen molar-refractivity contribution in [2.75, 3.05) is 39.3 Å². The SMILES string of the molecule is COc1cc(OC)cc(N(CC(NC(C)C)C(C)C)c2ccc3ncc(C4=CN(C)NC4)nc3c2)c1. The number of rotatable bonds is 10. The second-order valence-corrected chi connectivity index (χ2v) is 9.88. The zero-order chi connectivity index (χ0) is 25.8. The number of fused-ring (bicyclic) bond motifs is 1. The largest absolute Gasteiger partial charge is 0.497 e. The van der Waals surface area contributed by atoms with Crippen molar-refractivity contribution in [3.63, 3.8) is 0 Å². The minimum absolute atomic E-state index is 0.264. The minimum Gasteiger partial charge on any atom is -0.497 e. The monoisotopic (exact) mass is 490 g/mol. The van der Waals surface area contributed by atoms with E-state index < -0.39 is 0 Å². The Kier molecular flexibility index (Phi) is 7.96. The van der Waals surface area contributed by atoms with Crippen molar-refractivity contribution in [3.05, 3.63) is 54.5 Å². The molecule has 1 aliphatic rings. The third kappa shape index (κ3) is 5.88. The second-order valence-electron chi connectivity index (χ2n) is 9.88. The van der Waals surface area contributed by atoms with Crippen LogP contribution in [0.1, 0.15) is 33.4 Å². The number of nitrogens with zero attached hydrogens (tertiary/aromatic N) is 4. The van der Waals surface area contributed by atoms with Crippen LogP contribution in [0, 0.1) is 5.92 Å². The van der Waals surface area contributed by atoms with Gasteiger partial charge in [0.25, 0.3) is 0 Å². The number of aromatic nitrogens is 2. The van der Waals surface area contributed by atoms with Crippen molar-refractivity contribution >= 4 is 28.0 Å². The van der Waals surface area contributed by atoms with Crippen molar-refractivity contribution < 1.29 is 9.47 Å². The molecule has 0 amide bonds. The first-order valence-corrected chi connectivity index (χ1v) is 12.5. The van der Waals surface area contributed by atoms with Gasteiger partial charge in [-0.15, -0.1) is 0 Å². The van der Waals surface area contributed by atoms with Crippen LogP contribution < -0.4 is 25.1 Å². The van der Waals surface area contributed by atoms with Crippen molar-refractivity contribution in [2.24, 2.45) is 5.92 Å². The fourth-order valence-electron chi connectivity index (χ4n) is 4.40. The number of nitrogens with one attached hydrogen (secondary N) is 2. The molecule has 2 N–H and O–H groups in total. The van der Waals surface area contributed by atoms with Gasteiger partial charge in [-0.2, -0.15) is 0 Å². The zero-order valence-corrected chi connectivity index (χ0v) is 22.4. The summed E-state index contributed by atoms with van der Waals surface area (Å²) in [6, 6.07) is 12.9. The molecule has 2 aromatic carbocycles. The molecule has 1 aliphatic heterocycles. The van der Waals surface area contributed by atoms with Crippen molar-refractivity contribution in [1.29, 1.82) is 0 Å². The fraction of sp³-hybridized carbons (Fsp3) is 0.429. The molecule has 2 heterocycles. The standard InChI is InChI=1S/C28H38N6O2/c1-18(2)28(31-19(3)4)17-34(22-10-23(35-6)13-24(11-22)36-7)21-8-9-25-26(12-21)32-27(15-29-25)20-14-30-33(5)16-20/h8-13,15-16,18-19,28,30-31H,14,17H2,1-7H3. The maximum atomic E-state index is 5.59. The smallest absolute Gasteiger partial charge is 0.124 e. The summed E-state index contributed by atoms with van der Waals surface area (Å²) in [5.74, 6) is 1.94. The lowest BCUT2D eigenvalue weighted by atomic mass is 10.0. The first kappa shape index (κ1) is 25.7. The van der Waals surface area contributed by atoms with Gasteiger partial charge in [0.15, 0.2) is 0 Å². The highest BCUT2D eigenvalue weighted by atomic mass is 16.5. The lowest BCUT2D eigenvalue weighted by Gasteiger charge is -2.33. The molecule has 8 heteroatoms. The Morgan fingerprint density at radius 1 is 1.00 bits per heavy atom. The molecule has 0 spiro atoms. The number of benzene rings is 2. The lowest BCUT2D eigenvalue weighted by Crippen LogP contribution is -2.45. The molecule has 36 heavy (non-hydrogen) atoms. The predicted octanol–water partition coefficient (Wildman–Crippen LogP) is 4.60. The molecule has 0 saturated heterocycles. The number of hydrogen-bond acceptors (Lipinski definition) is 8. The summed E-state index contributed by atoms with van der Waals surface area (Å²) in [5, 5.41) is 5.69. The molecule has 0 saturated carbocycles. The van der Waals surface area contributed by atoms with E-state index in [1.165, 1.54) is 0 Å². The van der Waals surface area contributed by atoms with E-state index in [4.69, 9.17) is 14.5 Å². The molecular weight excluding hydrogens is 452 g/mol. The van der Waals surface area contributed by atoms with Gasteiger partial charge in [0.2, 0.25) is 0 Å². The molecule has 0 aliphatic carbocycles. The molecule has 1 aromatic heterocycles. The maximum Gasteiger partial charge on any atom is 0.124 e. The third-order valence-electron chi connectivity index (χ3n) is 6.41. The van der Waals surface area contributed by atoms with Crippen molar-refractivity contribution in [3.8, 4) is 11.5 Å². The summed E-state index contributed by atoms with van der Waals surface area (Å²) in [4.78, 5) is 12.0. The topological polar surface area (TPSA) is 74.8 Å². The predicted molar refractivity (Wildman–Crippen MR) is 147 cm³/mol. The van der Waals surface area contributed by atoms with Gasteiger partial charge in [-0.05, 0) is 24.1 Å². The summed E-state index contributed by atoms with van der Waals surface area (Å²) in [7, 11) is 5.34. The Balaban J connectivity index is 1.80. The van der Waals surface area contributed by atoms with Crippen LogP contribution in [0.4, 0.5) is 11.4 Å². The Morgan fingerprint density at radius 3 is 2.31 bits per heavy atom. The van der Waals surface area contributed by atoms with E-state index in [1.807, 2.05) is 42.5 Å². The molecule has 1 unspecified atom stereocenters. The number of methoxy groups -OCH3 is 2. The van der Waals surface area contributed by atoms with E-state index >= 15 is 0 Å². The van der Waals surface area contributed by atoms with Crippen LogP contribution in [0.15, 0.2) is 48.8 Å². The first-order chi connectivity index (χ1) is 17.3. The van der Waals surface area contributed by atoms with Crippen LogP contribution in [-0.4, -0.2) is 61.4 Å². The van der Waals surface area contributed by atoms with Crippen molar-refractivity contribution in [1.82, 2.24) is 25.7 Å². The van der Waals surface area contributed by atoms with Gasteiger partial charge in [0, 0.05) is 73.6 Å². The van der Waals surface area contributed by atoms with Crippen LogP contribution in [-0.2, 0) is 0 Å². The first-order valence-electron chi connectivity index (χ1n) is 12.5. The van der Waals surface area contributed by atoms with Gasteiger partial charge < -0.3 is 24.7 Å². The van der Waals surface area contributed by atoms with Crippen LogP contribution >= 0.6 is 0 Å². The van der Waals surface area contributed by atoms with Gasteiger partial charge in [-0.3, -0.25) is 4.98 Å². The van der Waals surface area contributed by atoms with Gasteiger partial charge >= 0.3 is 0 Å². The van der Waals surface area contributed by atoms with E-state index in [1.54, 1.807) is 14.2 Å². The summed E-state index contributed by atoms with van der Waals surface area (Å²) in [6.45, 7) is 10.4. The highest BCUT2D eigenvalue weighted by Crippen LogP contribution is 2.34. The summed E-state index contributed by atoms with van der Waals surface area (Å²) < 4.78 is 11.2. The highest BCUT2D eigenvalue weighted by Gasteiger charge is 2.22. The highest BCUT2D eigenvalue weighted by molar-refractivity contribution is 5.82. The van der Waals surface area contributed by atoms with Crippen molar-refractivity contribution in [2.45, 2.75) is 39.8 Å². The van der Waals surface area contributed by atoms with Gasteiger partial charge in [-0.25, -0.2) is 10.4 Å².